The first-order valence-corrected chi connectivity index (χ1v) is 10.3. The van der Waals surface area contributed by atoms with E-state index in [1.807, 2.05) is 35.7 Å². The fraction of sp³-hybridized carbons (Fsp3) is 0.130. The first-order valence-electron chi connectivity index (χ1n) is 9.38. The van der Waals surface area contributed by atoms with Crippen LogP contribution in [0.3, 0.4) is 0 Å². The first-order chi connectivity index (χ1) is 14.7. The molecule has 0 aliphatic rings. The van der Waals surface area contributed by atoms with E-state index in [-0.39, 0.29) is 18.6 Å². The molecule has 4 nitrogen and oxygen atoms in total. The molecule has 2 aromatic carbocycles. The number of rotatable bonds is 5. The minimum absolute atomic E-state index is 0.0867. The molecule has 158 valence electrons. The number of para-hydroxylation sites is 1. The molecular weight excluding hydrogens is 425 g/mol. The number of Topliss-reactive ketones (excluding diaryl/α,β-unsaturated/α-hetero) is 1. The Morgan fingerprint density at radius 2 is 1.68 bits per heavy atom. The van der Waals surface area contributed by atoms with E-state index in [0.717, 1.165) is 28.0 Å². The number of fused-ring (bicyclic) bond motifs is 1. The zero-order chi connectivity index (χ0) is 22.2. The Bertz CT molecular complexity index is 1290. The van der Waals surface area contributed by atoms with E-state index in [4.69, 9.17) is 5.73 Å². The van der Waals surface area contributed by atoms with Crippen molar-refractivity contribution in [2.24, 2.45) is 5.73 Å². The summed E-state index contributed by atoms with van der Waals surface area (Å²) in [6.45, 7) is 0. The minimum atomic E-state index is -4.44. The van der Waals surface area contributed by atoms with Gasteiger partial charge in [0.15, 0.2) is 0 Å². The second kappa shape index (κ2) is 8.03. The molecule has 0 saturated carbocycles. The summed E-state index contributed by atoms with van der Waals surface area (Å²) in [4.78, 5) is 25.2. The highest BCUT2D eigenvalue weighted by atomic mass is 32.1. The number of nitrogens with zero attached hydrogens (tertiary/aromatic N) is 1. The summed E-state index contributed by atoms with van der Waals surface area (Å²) < 4.78 is 40.0. The van der Waals surface area contributed by atoms with E-state index in [2.05, 4.69) is 0 Å². The van der Waals surface area contributed by atoms with Gasteiger partial charge in [0, 0.05) is 18.2 Å². The molecule has 0 bridgehead atoms. The number of primary amides is 1. The lowest BCUT2D eigenvalue weighted by Crippen LogP contribution is -2.19. The number of ketones is 1. The number of hydrogen-bond acceptors (Lipinski definition) is 3. The van der Waals surface area contributed by atoms with Crippen LogP contribution in [0.1, 0.15) is 16.7 Å². The topological polar surface area (TPSA) is 65.1 Å². The largest absolute Gasteiger partial charge is 0.416 e. The molecule has 2 heterocycles. The Kier molecular flexibility index (Phi) is 5.41. The minimum Gasteiger partial charge on any atom is -0.351 e. The predicted molar refractivity (Wildman–Crippen MR) is 114 cm³/mol. The van der Waals surface area contributed by atoms with E-state index in [0.29, 0.717) is 16.8 Å². The summed E-state index contributed by atoms with van der Waals surface area (Å²) in [5.41, 5.74) is 7.19. The number of amides is 1. The van der Waals surface area contributed by atoms with Crippen LogP contribution in [0, 0.1) is 0 Å². The van der Waals surface area contributed by atoms with Crippen molar-refractivity contribution < 1.29 is 22.8 Å². The maximum atomic E-state index is 12.9. The van der Waals surface area contributed by atoms with Gasteiger partial charge in [0.2, 0.25) is 0 Å². The molecule has 0 spiro atoms. The third-order valence-corrected chi connectivity index (χ3v) is 5.90. The highest BCUT2D eigenvalue weighted by Gasteiger charge is 2.30. The third kappa shape index (κ3) is 4.39. The molecule has 0 fully saturated rings. The zero-order valence-corrected chi connectivity index (χ0v) is 17.0. The quantitative estimate of drug-likeness (QED) is 0.433. The highest BCUT2D eigenvalue weighted by Crippen LogP contribution is 2.33. The summed E-state index contributed by atoms with van der Waals surface area (Å²) in [5.74, 6) is -0.195. The van der Waals surface area contributed by atoms with Crippen LogP contribution in [0.5, 0.6) is 0 Å². The van der Waals surface area contributed by atoms with Crippen LogP contribution >= 0.6 is 11.3 Å². The lowest BCUT2D eigenvalue weighted by atomic mass is 10.0. The van der Waals surface area contributed by atoms with Gasteiger partial charge in [0.25, 0.3) is 0 Å². The third-order valence-electron chi connectivity index (χ3n) is 4.89. The normalized spacial score (nSPS) is 11.7. The molecule has 0 unspecified atom stereocenters. The Morgan fingerprint density at radius 3 is 2.42 bits per heavy atom. The van der Waals surface area contributed by atoms with Crippen molar-refractivity contribution in [1.82, 2.24) is 4.57 Å². The van der Waals surface area contributed by atoms with Crippen LogP contribution in [0.15, 0.2) is 66.0 Å². The van der Waals surface area contributed by atoms with Gasteiger partial charge in [0.1, 0.15) is 5.78 Å². The number of carbonyl (C=O) groups excluding carboxylic acids is 2. The lowest BCUT2D eigenvalue weighted by molar-refractivity contribution is -0.137. The van der Waals surface area contributed by atoms with Crippen molar-refractivity contribution >= 4 is 34.1 Å². The van der Waals surface area contributed by atoms with Crippen molar-refractivity contribution in [3.05, 3.63) is 82.7 Å². The van der Waals surface area contributed by atoms with Gasteiger partial charge in [-0.25, -0.2) is 4.79 Å². The monoisotopic (exact) mass is 442 g/mol. The first kappa shape index (κ1) is 20.9. The summed E-state index contributed by atoms with van der Waals surface area (Å²) >= 11 is 1.37. The summed E-state index contributed by atoms with van der Waals surface area (Å²) in [6.07, 6.45) is -4.44. The van der Waals surface area contributed by atoms with Crippen molar-refractivity contribution in [1.29, 1.82) is 0 Å². The molecule has 0 radical (unpaired) electrons. The average molecular weight is 442 g/mol. The fourth-order valence-corrected chi connectivity index (χ4v) is 4.47. The molecule has 0 atom stereocenters. The summed E-state index contributed by atoms with van der Waals surface area (Å²) in [6, 6.07) is 15.2. The second-order valence-electron chi connectivity index (χ2n) is 7.17. The fourth-order valence-electron chi connectivity index (χ4n) is 3.55. The maximum Gasteiger partial charge on any atom is 0.416 e. The number of thiophene rings is 1. The van der Waals surface area contributed by atoms with Gasteiger partial charge in [-0.2, -0.15) is 13.2 Å². The second-order valence-corrected chi connectivity index (χ2v) is 8.08. The van der Waals surface area contributed by atoms with Gasteiger partial charge >= 0.3 is 12.2 Å². The number of alkyl halides is 3. The molecule has 0 aliphatic carbocycles. The molecule has 0 aliphatic heterocycles. The van der Waals surface area contributed by atoms with Gasteiger partial charge in [-0.3, -0.25) is 9.36 Å². The number of carbonyl (C=O) groups is 2. The number of benzene rings is 2. The van der Waals surface area contributed by atoms with Crippen LogP contribution in [-0.4, -0.2) is 16.4 Å². The van der Waals surface area contributed by atoms with Crippen LogP contribution < -0.4 is 5.73 Å². The van der Waals surface area contributed by atoms with E-state index in [1.54, 1.807) is 6.07 Å². The number of hydrogen-bond donors (Lipinski definition) is 1. The summed E-state index contributed by atoms with van der Waals surface area (Å²) in [5, 5.41) is 2.68. The van der Waals surface area contributed by atoms with E-state index in [9.17, 15) is 22.8 Å². The molecular formula is C23H17F3N2O2S. The summed E-state index contributed by atoms with van der Waals surface area (Å²) in [7, 11) is 0. The van der Waals surface area contributed by atoms with Crippen LogP contribution in [-0.2, 0) is 23.8 Å². The molecule has 31 heavy (non-hydrogen) atoms. The number of aromatic nitrogens is 1. The van der Waals surface area contributed by atoms with Gasteiger partial charge in [-0.15, -0.1) is 11.3 Å². The van der Waals surface area contributed by atoms with Gasteiger partial charge in [0.05, 0.1) is 21.7 Å². The van der Waals surface area contributed by atoms with Crippen LogP contribution in [0.2, 0.25) is 0 Å². The number of nitrogens with two attached hydrogens (primary N) is 1. The smallest absolute Gasteiger partial charge is 0.351 e. The van der Waals surface area contributed by atoms with Crippen LogP contribution in [0.25, 0.3) is 21.5 Å². The maximum absolute atomic E-state index is 12.9. The molecule has 0 saturated heterocycles. The van der Waals surface area contributed by atoms with Crippen molar-refractivity contribution in [2.75, 3.05) is 0 Å². The molecule has 2 N–H and O–H groups in total. The van der Waals surface area contributed by atoms with E-state index in [1.165, 1.54) is 28.0 Å². The Labute approximate surface area is 179 Å². The van der Waals surface area contributed by atoms with Gasteiger partial charge in [-0.05, 0) is 40.8 Å². The molecule has 8 heteroatoms. The van der Waals surface area contributed by atoms with Crippen molar-refractivity contribution in [3.63, 3.8) is 0 Å². The Morgan fingerprint density at radius 1 is 0.935 bits per heavy atom. The standard InChI is InChI=1S/C23H17F3N2O2S/c24-23(25,26)17-6-3-4-14(8-17)9-18(29)10-15-11-21(31-13-15)20-12-16-5-1-2-7-19(16)28(20)22(27)30/h1-8,11-13H,9-10H2,(H2,27,30). The molecule has 4 rings (SSSR count). The molecule has 4 aromatic rings. The van der Waals surface area contributed by atoms with Crippen LogP contribution in [0.4, 0.5) is 18.0 Å². The lowest BCUT2D eigenvalue weighted by Gasteiger charge is -2.08. The predicted octanol–water partition coefficient (Wildman–Crippen LogP) is 5.67. The Balaban J connectivity index is 1.54. The molecule has 2 aromatic heterocycles. The van der Waals surface area contributed by atoms with Gasteiger partial charge < -0.3 is 5.73 Å². The SMILES string of the molecule is NC(=O)n1c(-c2cc(CC(=O)Cc3cccc(C(F)(F)F)c3)cs2)cc2ccccc21. The number of halogens is 3. The van der Waals surface area contributed by atoms with Crippen molar-refractivity contribution in [3.8, 4) is 10.6 Å². The van der Waals surface area contributed by atoms with Gasteiger partial charge in [-0.1, -0.05) is 36.4 Å². The highest BCUT2D eigenvalue weighted by molar-refractivity contribution is 7.13. The van der Waals surface area contributed by atoms with E-state index >= 15 is 0 Å². The average Bonchev–Trinajstić information content (AvgIpc) is 3.31. The molecule has 1 amide bonds. The zero-order valence-electron chi connectivity index (χ0n) is 16.1. The Hall–Kier alpha value is -3.39. The van der Waals surface area contributed by atoms with Crippen molar-refractivity contribution in [2.45, 2.75) is 19.0 Å². The van der Waals surface area contributed by atoms with E-state index < -0.39 is 17.8 Å².